The van der Waals surface area contributed by atoms with Crippen molar-refractivity contribution in [2.24, 2.45) is 5.92 Å². The predicted octanol–water partition coefficient (Wildman–Crippen LogP) is 5.03. The van der Waals surface area contributed by atoms with Crippen LogP contribution >= 0.6 is 11.8 Å². The molecule has 0 aliphatic carbocycles. The summed E-state index contributed by atoms with van der Waals surface area (Å²) in [5, 5.41) is 9.18. The van der Waals surface area contributed by atoms with Crippen molar-refractivity contribution in [2.45, 2.75) is 38.6 Å². The molecule has 31 heavy (non-hydrogen) atoms. The number of methoxy groups -OCH3 is 1. The predicted molar refractivity (Wildman–Crippen MR) is 118 cm³/mol. The van der Waals surface area contributed by atoms with Gasteiger partial charge >= 0.3 is 0 Å². The first-order valence-corrected chi connectivity index (χ1v) is 11.1. The number of para-hydroxylation sites is 1. The van der Waals surface area contributed by atoms with Crippen LogP contribution in [0.1, 0.15) is 36.5 Å². The monoisotopic (exact) mass is 443 g/mol. The Kier molecular flexibility index (Phi) is 8.06. The van der Waals surface area contributed by atoms with Gasteiger partial charge in [0.05, 0.1) is 18.4 Å². The fourth-order valence-corrected chi connectivity index (χ4v) is 3.78. The van der Waals surface area contributed by atoms with E-state index < -0.39 is 5.82 Å². The van der Waals surface area contributed by atoms with E-state index in [-0.39, 0.29) is 23.7 Å². The minimum absolute atomic E-state index is 0.0964. The highest BCUT2D eigenvalue weighted by atomic mass is 32.2. The third-order valence-electron chi connectivity index (χ3n) is 4.63. The Hall–Kier alpha value is -2.87. The third-order valence-corrected chi connectivity index (χ3v) is 5.60. The number of Topliss-reactive ketones (excluding diaryl/α,β-unsaturated/α-hetero) is 1. The molecule has 164 valence electrons. The minimum atomic E-state index is -0.477. The van der Waals surface area contributed by atoms with Gasteiger partial charge in [0.1, 0.15) is 23.9 Å². The molecule has 0 saturated heterocycles. The number of carbonyl (C=O) groups is 1. The molecule has 1 heterocycles. The summed E-state index contributed by atoms with van der Waals surface area (Å²) < 4.78 is 26.6. The molecule has 3 rings (SSSR count). The lowest BCUT2D eigenvalue weighted by atomic mass is 10.1. The van der Waals surface area contributed by atoms with Crippen LogP contribution in [0.4, 0.5) is 4.39 Å². The van der Waals surface area contributed by atoms with Crippen molar-refractivity contribution in [2.75, 3.05) is 12.9 Å². The molecule has 0 aliphatic rings. The second-order valence-corrected chi connectivity index (χ2v) is 8.33. The van der Waals surface area contributed by atoms with Gasteiger partial charge in [0, 0.05) is 6.54 Å². The molecule has 6 nitrogen and oxygen atoms in total. The molecule has 1 aromatic heterocycles. The van der Waals surface area contributed by atoms with Crippen LogP contribution in [0.15, 0.2) is 53.7 Å². The van der Waals surface area contributed by atoms with Gasteiger partial charge in [-0.1, -0.05) is 43.8 Å². The number of rotatable bonds is 11. The van der Waals surface area contributed by atoms with Crippen LogP contribution in [0.3, 0.4) is 0 Å². The second kappa shape index (κ2) is 10.9. The standard InChI is InChI=1S/C23H26FN3O3S/c1-16(2)11-12-27-22(14-30-18-7-5-4-6-8-18)25-26-23(27)31-15-20(28)19-13-17(24)9-10-21(19)29-3/h4-10,13,16H,11-12,14-15H2,1-3H3. The van der Waals surface area contributed by atoms with E-state index in [4.69, 9.17) is 9.47 Å². The first-order valence-electron chi connectivity index (χ1n) is 10.1. The topological polar surface area (TPSA) is 66.2 Å². The molecule has 0 unspecified atom stereocenters. The van der Waals surface area contributed by atoms with Gasteiger partial charge in [-0.15, -0.1) is 10.2 Å². The Balaban J connectivity index is 1.73. The van der Waals surface area contributed by atoms with E-state index in [0.29, 0.717) is 22.6 Å². The van der Waals surface area contributed by atoms with Gasteiger partial charge in [-0.2, -0.15) is 0 Å². The van der Waals surface area contributed by atoms with Crippen LogP contribution in [0.5, 0.6) is 11.5 Å². The number of benzene rings is 2. The fourth-order valence-electron chi connectivity index (χ4n) is 2.91. The number of ether oxygens (including phenoxy) is 2. The highest BCUT2D eigenvalue weighted by molar-refractivity contribution is 7.99. The fraction of sp³-hybridized carbons (Fsp3) is 0.348. The van der Waals surface area contributed by atoms with Gasteiger partial charge < -0.3 is 14.0 Å². The summed E-state index contributed by atoms with van der Waals surface area (Å²) in [6, 6.07) is 13.4. The van der Waals surface area contributed by atoms with Gasteiger partial charge in [-0.05, 0) is 42.7 Å². The maximum Gasteiger partial charge on any atom is 0.191 e. The Labute approximate surface area is 185 Å². The highest BCUT2D eigenvalue weighted by Crippen LogP contribution is 2.25. The summed E-state index contributed by atoms with van der Waals surface area (Å²) in [4.78, 5) is 12.7. The average Bonchev–Trinajstić information content (AvgIpc) is 3.16. The summed E-state index contributed by atoms with van der Waals surface area (Å²) in [5.74, 6) is 1.69. The van der Waals surface area contributed by atoms with Crippen LogP contribution in [-0.4, -0.2) is 33.4 Å². The first kappa shape index (κ1) is 22.8. The third kappa shape index (κ3) is 6.30. The van der Waals surface area contributed by atoms with Crippen molar-refractivity contribution in [3.63, 3.8) is 0 Å². The number of ketones is 1. The lowest BCUT2D eigenvalue weighted by molar-refractivity contribution is 0.101. The Morgan fingerprint density at radius 3 is 2.65 bits per heavy atom. The van der Waals surface area contributed by atoms with Crippen LogP contribution in [0, 0.1) is 11.7 Å². The summed E-state index contributed by atoms with van der Waals surface area (Å²) in [5.41, 5.74) is 0.218. The summed E-state index contributed by atoms with van der Waals surface area (Å²) in [6.45, 7) is 5.30. The van der Waals surface area contributed by atoms with Crippen molar-refractivity contribution in [1.29, 1.82) is 0 Å². The van der Waals surface area contributed by atoms with Crippen LogP contribution in [0.25, 0.3) is 0 Å². The Bertz CT molecular complexity index is 1010. The number of halogens is 1. The molecule has 0 N–H and O–H groups in total. The van der Waals surface area contributed by atoms with Gasteiger partial charge in [-0.25, -0.2) is 4.39 Å². The quantitative estimate of drug-likeness (QED) is 0.306. The zero-order valence-corrected chi connectivity index (χ0v) is 18.7. The number of thioether (sulfide) groups is 1. The summed E-state index contributed by atoms with van der Waals surface area (Å²) in [7, 11) is 1.46. The van der Waals surface area contributed by atoms with E-state index >= 15 is 0 Å². The lowest BCUT2D eigenvalue weighted by Crippen LogP contribution is -2.11. The molecule has 0 saturated carbocycles. The molecule has 0 bridgehead atoms. The molecule has 2 aromatic carbocycles. The number of hydrogen-bond donors (Lipinski definition) is 0. The van der Waals surface area contributed by atoms with Crippen molar-refractivity contribution < 1.29 is 18.7 Å². The maximum atomic E-state index is 13.6. The van der Waals surface area contributed by atoms with Gasteiger partial charge in [0.15, 0.2) is 16.8 Å². The normalized spacial score (nSPS) is 11.0. The molecule has 0 radical (unpaired) electrons. The van der Waals surface area contributed by atoms with Crippen molar-refractivity contribution in [3.05, 3.63) is 65.7 Å². The largest absolute Gasteiger partial charge is 0.496 e. The van der Waals surface area contributed by atoms with Crippen molar-refractivity contribution >= 4 is 17.5 Å². The molecule has 0 fully saturated rings. The molecular formula is C23H26FN3O3S. The lowest BCUT2D eigenvalue weighted by Gasteiger charge is -2.12. The SMILES string of the molecule is COc1ccc(F)cc1C(=O)CSc1nnc(COc2ccccc2)n1CCC(C)C. The Morgan fingerprint density at radius 2 is 1.94 bits per heavy atom. The van der Waals surface area contributed by atoms with Gasteiger partial charge in [0.25, 0.3) is 0 Å². The van der Waals surface area contributed by atoms with Crippen LogP contribution < -0.4 is 9.47 Å². The summed E-state index contributed by atoms with van der Waals surface area (Å²) in [6.07, 6.45) is 0.940. The highest BCUT2D eigenvalue weighted by Gasteiger charge is 2.18. The van der Waals surface area contributed by atoms with E-state index in [1.54, 1.807) is 0 Å². The van der Waals surface area contributed by atoms with Crippen LogP contribution in [0.2, 0.25) is 0 Å². The number of nitrogens with zero attached hydrogens (tertiary/aromatic N) is 3. The van der Waals surface area contributed by atoms with E-state index in [1.807, 2.05) is 34.9 Å². The molecule has 0 spiro atoms. The van der Waals surface area contributed by atoms with E-state index in [0.717, 1.165) is 18.7 Å². The van der Waals surface area contributed by atoms with E-state index in [9.17, 15) is 9.18 Å². The zero-order chi connectivity index (χ0) is 22.2. The number of carbonyl (C=O) groups excluding carboxylic acids is 1. The second-order valence-electron chi connectivity index (χ2n) is 7.39. The van der Waals surface area contributed by atoms with Crippen molar-refractivity contribution in [1.82, 2.24) is 14.8 Å². The van der Waals surface area contributed by atoms with Gasteiger partial charge in [0.2, 0.25) is 0 Å². The van der Waals surface area contributed by atoms with Crippen molar-refractivity contribution in [3.8, 4) is 11.5 Å². The molecule has 0 atom stereocenters. The minimum Gasteiger partial charge on any atom is -0.496 e. The van der Waals surface area contributed by atoms with Gasteiger partial charge in [-0.3, -0.25) is 4.79 Å². The molecular weight excluding hydrogens is 417 g/mol. The molecule has 8 heteroatoms. The molecule has 0 aliphatic heterocycles. The van der Waals surface area contributed by atoms with E-state index in [2.05, 4.69) is 24.0 Å². The maximum absolute atomic E-state index is 13.6. The molecule has 3 aromatic rings. The summed E-state index contributed by atoms with van der Waals surface area (Å²) >= 11 is 1.28. The average molecular weight is 444 g/mol. The molecule has 0 amide bonds. The number of hydrogen-bond acceptors (Lipinski definition) is 6. The Morgan fingerprint density at radius 1 is 1.16 bits per heavy atom. The number of aromatic nitrogens is 3. The van der Waals surface area contributed by atoms with Crippen LogP contribution in [-0.2, 0) is 13.2 Å². The van der Waals surface area contributed by atoms with E-state index in [1.165, 1.54) is 37.1 Å². The smallest absolute Gasteiger partial charge is 0.191 e. The first-order chi connectivity index (χ1) is 15.0. The zero-order valence-electron chi connectivity index (χ0n) is 17.9.